The molecule has 0 saturated heterocycles. The molecule has 6 nitrogen and oxygen atoms in total. The van der Waals surface area contributed by atoms with Crippen molar-refractivity contribution in [1.82, 2.24) is 5.32 Å². The molecule has 1 amide bonds. The summed E-state index contributed by atoms with van der Waals surface area (Å²) in [4.78, 5) is 24.5. The number of aliphatic hydroxyl groups is 2. The highest BCUT2D eigenvalue weighted by atomic mass is 16.5. The van der Waals surface area contributed by atoms with Crippen LogP contribution in [-0.4, -0.2) is 47.4 Å². The molecule has 386 valence electrons. The molecule has 0 rings (SSSR count). The Morgan fingerprint density at radius 1 is 0.415 bits per heavy atom. The van der Waals surface area contributed by atoms with E-state index in [4.69, 9.17) is 4.74 Å². The van der Waals surface area contributed by atoms with E-state index < -0.39 is 12.1 Å². The molecule has 2 unspecified atom stereocenters. The van der Waals surface area contributed by atoms with Gasteiger partial charge in [-0.15, -0.1) is 0 Å². The molecular weight excluding hydrogens is 803 g/mol. The lowest BCUT2D eigenvalue weighted by molar-refractivity contribution is -0.143. The first-order valence-corrected chi connectivity index (χ1v) is 29.4. The first kappa shape index (κ1) is 63.6. The molecule has 2 atom stereocenters. The van der Waals surface area contributed by atoms with E-state index >= 15 is 0 Å². The predicted molar refractivity (Wildman–Crippen MR) is 283 cm³/mol. The van der Waals surface area contributed by atoms with Crippen molar-refractivity contribution in [2.75, 3.05) is 13.2 Å². The molecule has 0 aromatic rings. The van der Waals surface area contributed by atoms with Gasteiger partial charge in [0, 0.05) is 12.8 Å². The minimum Gasteiger partial charge on any atom is -0.466 e. The molecule has 0 aromatic carbocycles. The van der Waals surface area contributed by atoms with Crippen LogP contribution in [0.3, 0.4) is 0 Å². The second-order valence-electron chi connectivity index (χ2n) is 20.3. The summed E-state index contributed by atoms with van der Waals surface area (Å²) < 4.78 is 5.46. The minimum atomic E-state index is -0.670. The van der Waals surface area contributed by atoms with Gasteiger partial charge in [0.25, 0.3) is 0 Å². The van der Waals surface area contributed by atoms with Crippen LogP contribution in [0.25, 0.3) is 0 Å². The molecule has 3 N–H and O–H groups in total. The third-order valence-electron chi connectivity index (χ3n) is 13.8. The van der Waals surface area contributed by atoms with Crippen molar-refractivity contribution >= 4 is 11.9 Å². The molecule has 0 saturated carbocycles. The van der Waals surface area contributed by atoms with Crippen molar-refractivity contribution in [1.29, 1.82) is 0 Å². The Hall–Kier alpha value is -1.40. The average Bonchev–Trinajstić information content (AvgIpc) is 3.31. The maximum Gasteiger partial charge on any atom is 0.305 e. The second-order valence-corrected chi connectivity index (χ2v) is 20.3. The average molecular weight is 919 g/mol. The molecule has 0 heterocycles. The van der Waals surface area contributed by atoms with Crippen molar-refractivity contribution in [3.63, 3.8) is 0 Å². The van der Waals surface area contributed by atoms with Gasteiger partial charge in [-0.1, -0.05) is 276 Å². The smallest absolute Gasteiger partial charge is 0.305 e. The molecule has 0 aliphatic heterocycles. The van der Waals surface area contributed by atoms with Crippen molar-refractivity contribution in [2.24, 2.45) is 0 Å². The fourth-order valence-electron chi connectivity index (χ4n) is 9.28. The van der Waals surface area contributed by atoms with Crippen LogP contribution < -0.4 is 5.32 Å². The van der Waals surface area contributed by atoms with Gasteiger partial charge >= 0.3 is 5.97 Å². The number of esters is 1. The monoisotopic (exact) mass is 918 g/mol. The van der Waals surface area contributed by atoms with Gasteiger partial charge < -0.3 is 20.3 Å². The van der Waals surface area contributed by atoms with Crippen LogP contribution in [0.2, 0.25) is 0 Å². The topological polar surface area (TPSA) is 95.9 Å². The van der Waals surface area contributed by atoms with E-state index in [1.165, 1.54) is 250 Å². The Kier molecular flexibility index (Phi) is 54.0. The molecular formula is C59H115NO5. The van der Waals surface area contributed by atoms with E-state index in [9.17, 15) is 19.8 Å². The van der Waals surface area contributed by atoms with E-state index in [1.54, 1.807) is 0 Å². The van der Waals surface area contributed by atoms with Crippen LogP contribution >= 0.6 is 0 Å². The lowest BCUT2D eigenvalue weighted by Gasteiger charge is -2.22. The summed E-state index contributed by atoms with van der Waals surface area (Å²) in [5.74, 6) is -0.0367. The maximum atomic E-state index is 12.5. The van der Waals surface area contributed by atoms with E-state index in [0.29, 0.717) is 25.9 Å². The van der Waals surface area contributed by atoms with Crippen molar-refractivity contribution < 1.29 is 24.5 Å². The highest BCUT2D eigenvalue weighted by molar-refractivity contribution is 5.76. The Labute approximate surface area is 406 Å². The third-order valence-corrected chi connectivity index (χ3v) is 13.8. The molecule has 0 spiro atoms. The summed E-state index contributed by atoms with van der Waals surface area (Å²) in [7, 11) is 0. The predicted octanol–water partition coefficient (Wildman–Crippen LogP) is 18.1. The number of nitrogens with one attached hydrogen (secondary N) is 1. The van der Waals surface area contributed by atoms with Gasteiger partial charge in [-0.2, -0.15) is 0 Å². The Balaban J connectivity index is 3.44. The molecule has 0 aliphatic rings. The van der Waals surface area contributed by atoms with E-state index in [1.807, 2.05) is 0 Å². The minimum absolute atomic E-state index is 0.00524. The Morgan fingerprint density at radius 2 is 0.723 bits per heavy atom. The number of carbonyl (C=O) groups is 2. The van der Waals surface area contributed by atoms with Crippen LogP contribution in [0.5, 0.6) is 0 Å². The highest BCUT2D eigenvalue weighted by Gasteiger charge is 2.20. The van der Waals surface area contributed by atoms with Gasteiger partial charge in [-0.05, 0) is 51.4 Å². The normalized spacial score (nSPS) is 12.6. The van der Waals surface area contributed by atoms with Crippen LogP contribution in [0.4, 0.5) is 0 Å². The fraction of sp³-hybridized carbons (Fsp3) is 0.932. The number of aliphatic hydroxyl groups excluding tert-OH is 2. The van der Waals surface area contributed by atoms with Crippen molar-refractivity contribution in [3.05, 3.63) is 12.2 Å². The summed E-state index contributed by atoms with van der Waals surface area (Å²) in [5, 5.41) is 23.3. The zero-order valence-electron chi connectivity index (χ0n) is 44.0. The van der Waals surface area contributed by atoms with Gasteiger partial charge in [-0.3, -0.25) is 9.59 Å². The second kappa shape index (κ2) is 55.2. The summed E-state index contributed by atoms with van der Waals surface area (Å²) >= 11 is 0. The molecule has 0 bridgehead atoms. The van der Waals surface area contributed by atoms with Gasteiger partial charge in [-0.25, -0.2) is 0 Å². The third kappa shape index (κ3) is 51.8. The van der Waals surface area contributed by atoms with E-state index in [2.05, 4.69) is 31.3 Å². The fourth-order valence-corrected chi connectivity index (χ4v) is 9.28. The first-order valence-electron chi connectivity index (χ1n) is 29.4. The number of ether oxygens (including phenoxy) is 1. The van der Waals surface area contributed by atoms with Gasteiger partial charge in [0.2, 0.25) is 5.91 Å². The quantitative estimate of drug-likeness (QED) is 0.0321. The zero-order valence-corrected chi connectivity index (χ0v) is 44.0. The molecule has 0 radical (unpaired) electrons. The summed E-state index contributed by atoms with van der Waals surface area (Å²) in [6.45, 7) is 4.96. The van der Waals surface area contributed by atoms with Crippen LogP contribution in [0.1, 0.15) is 328 Å². The number of carbonyl (C=O) groups excluding carboxylic acids is 2. The van der Waals surface area contributed by atoms with Crippen LogP contribution in [-0.2, 0) is 14.3 Å². The van der Waals surface area contributed by atoms with Crippen LogP contribution in [0.15, 0.2) is 12.2 Å². The van der Waals surface area contributed by atoms with Crippen LogP contribution in [0, 0.1) is 0 Å². The molecule has 0 aliphatic carbocycles. The number of unbranched alkanes of at least 4 members (excludes halogenated alkanes) is 42. The first-order chi connectivity index (χ1) is 32.0. The summed E-state index contributed by atoms with van der Waals surface area (Å²) in [6, 6.07) is -0.548. The number of hydrogen-bond acceptors (Lipinski definition) is 5. The maximum absolute atomic E-state index is 12.5. The van der Waals surface area contributed by atoms with Gasteiger partial charge in [0.1, 0.15) is 0 Å². The number of allylic oxidation sites excluding steroid dienone is 2. The Morgan fingerprint density at radius 3 is 1.09 bits per heavy atom. The van der Waals surface area contributed by atoms with E-state index in [-0.39, 0.29) is 18.5 Å². The lowest BCUT2D eigenvalue weighted by Crippen LogP contribution is -2.45. The molecule has 0 fully saturated rings. The van der Waals surface area contributed by atoms with Crippen molar-refractivity contribution in [3.8, 4) is 0 Å². The highest BCUT2D eigenvalue weighted by Crippen LogP contribution is 2.17. The number of rotatable bonds is 55. The van der Waals surface area contributed by atoms with Crippen molar-refractivity contribution in [2.45, 2.75) is 341 Å². The summed E-state index contributed by atoms with van der Waals surface area (Å²) in [6.07, 6.45) is 64.9. The number of amides is 1. The largest absolute Gasteiger partial charge is 0.466 e. The molecule has 65 heavy (non-hydrogen) atoms. The SMILES string of the molecule is CCCCCCCCCCCCCCCCCCCC(O)C(CO)NC(=O)CCCCCCCCC/C=C\CCCCCCCCCCOC(=O)CCCCCCCCCCCCCC. The number of hydrogen-bond donors (Lipinski definition) is 3. The zero-order chi connectivity index (χ0) is 47.2. The summed E-state index contributed by atoms with van der Waals surface area (Å²) in [5.41, 5.74) is 0. The standard InChI is InChI=1S/C59H115NO5/c1-3-5-7-9-11-13-15-17-18-22-25-28-31-35-39-43-47-51-57(62)56(55-61)60-58(63)52-48-44-40-36-32-29-26-23-20-19-21-24-27-30-34-38-42-46-50-54-65-59(64)53-49-45-41-37-33-16-14-12-10-8-6-4-2/h19-20,56-57,61-62H,3-18,21-55H2,1-2H3,(H,60,63)/b20-19-. The molecule has 6 heteroatoms. The van der Waals surface area contributed by atoms with Gasteiger partial charge in [0.05, 0.1) is 25.4 Å². The Bertz CT molecular complexity index is 970. The lowest BCUT2D eigenvalue weighted by atomic mass is 10.0. The molecule has 0 aromatic heterocycles. The van der Waals surface area contributed by atoms with E-state index in [0.717, 1.165) is 44.9 Å². The van der Waals surface area contributed by atoms with Gasteiger partial charge in [0.15, 0.2) is 0 Å².